The second-order valence-corrected chi connectivity index (χ2v) is 3.68. The molecule has 0 saturated heterocycles. The molecular weight excluding hydrogens is 223 g/mol. The van der Waals surface area contributed by atoms with Crippen LogP contribution in [0.3, 0.4) is 0 Å². The summed E-state index contributed by atoms with van der Waals surface area (Å²) in [5, 5.41) is 12.6. The van der Waals surface area contributed by atoms with E-state index in [0.29, 0.717) is 18.5 Å². The van der Waals surface area contributed by atoms with Crippen LogP contribution in [0, 0.1) is 12.7 Å². The van der Waals surface area contributed by atoms with E-state index in [0.717, 1.165) is 5.56 Å². The molecule has 1 rings (SSSR count). The van der Waals surface area contributed by atoms with Crippen molar-refractivity contribution in [2.75, 3.05) is 5.43 Å². The highest BCUT2D eigenvalue weighted by molar-refractivity contribution is 6.35. The van der Waals surface area contributed by atoms with Gasteiger partial charge in [-0.2, -0.15) is 5.10 Å². The van der Waals surface area contributed by atoms with Crippen molar-refractivity contribution in [3.63, 3.8) is 0 Å². The van der Waals surface area contributed by atoms with Crippen molar-refractivity contribution in [1.29, 1.82) is 0 Å². The third kappa shape index (κ3) is 3.86. The van der Waals surface area contributed by atoms with Crippen LogP contribution < -0.4 is 5.43 Å². The number of anilines is 1. The van der Waals surface area contributed by atoms with E-state index in [1.54, 1.807) is 13.0 Å². The Kier molecular flexibility index (Phi) is 4.63. The predicted octanol–water partition coefficient (Wildman–Crippen LogP) is 2.79. The molecule has 0 radical (unpaired) electrons. The molecule has 0 aliphatic heterocycles. The number of carbonyl (C=O) groups is 1. The first-order valence-corrected chi connectivity index (χ1v) is 5.36. The second kappa shape index (κ2) is 5.98. The van der Waals surface area contributed by atoms with Gasteiger partial charge in [-0.05, 0) is 31.0 Å². The number of aliphatic carboxylic acids is 1. The normalized spacial score (nSPS) is 11.4. The van der Waals surface area contributed by atoms with E-state index < -0.39 is 5.97 Å². The van der Waals surface area contributed by atoms with Gasteiger partial charge < -0.3 is 5.11 Å². The van der Waals surface area contributed by atoms with Crippen molar-refractivity contribution in [2.45, 2.75) is 26.7 Å². The third-order valence-corrected chi connectivity index (χ3v) is 2.24. The number of nitrogens with zero attached hydrogens (tertiary/aromatic N) is 1. The zero-order valence-electron chi connectivity index (χ0n) is 9.83. The number of benzene rings is 1. The number of aryl methyl sites for hydroxylation is 1. The summed E-state index contributed by atoms with van der Waals surface area (Å²) in [7, 11) is 0. The smallest absolute Gasteiger partial charge is 0.352 e. The fraction of sp³-hybridized carbons (Fsp3) is 0.333. The quantitative estimate of drug-likeness (QED) is 0.612. The van der Waals surface area contributed by atoms with Crippen molar-refractivity contribution in [3.8, 4) is 0 Å². The Hall–Kier alpha value is -1.91. The van der Waals surface area contributed by atoms with Crippen molar-refractivity contribution in [2.24, 2.45) is 5.10 Å². The van der Waals surface area contributed by atoms with Gasteiger partial charge in [0.2, 0.25) is 0 Å². The van der Waals surface area contributed by atoms with Crippen LogP contribution in [0.5, 0.6) is 0 Å². The van der Waals surface area contributed by atoms with Gasteiger partial charge in [0.05, 0.1) is 5.69 Å². The van der Waals surface area contributed by atoms with Gasteiger partial charge in [-0.25, -0.2) is 9.18 Å². The molecule has 0 aliphatic carbocycles. The van der Waals surface area contributed by atoms with E-state index in [4.69, 9.17) is 5.11 Å². The van der Waals surface area contributed by atoms with Gasteiger partial charge in [-0.1, -0.05) is 19.4 Å². The van der Waals surface area contributed by atoms with E-state index in [-0.39, 0.29) is 11.5 Å². The lowest BCUT2D eigenvalue weighted by Gasteiger charge is -2.06. The van der Waals surface area contributed by atoms with Gasteiger partial charge in [0.25, 0.3) is 0 Å². The summed E-state index contributed by atoms with van der Waals surface area (Å²) < 4.78 is 13.0. The monoisotopic (exact) mass is 238 g/mol. The van der Waals surface area contributed by atoms with Gasteiger partial charge in [0, 0.05) is 0 Å². The van der Waals surface area contributed by atoms with Crippen LogP contribution in [0.25, 0.3) is 0 Å². The Labute approximate surface area is 99.2 Å². The Morgan fingerprint density at radius 3 is 2.82 bits per heavy atom. The molecule has 2 N–H and O–H groups in total. The Morgan fingerprint density at radius 2 is 2.24 bits per heavy atom. The minimum Gasteiger partial charge on any atom is -0.477 e. The minimum atomic E-state index is -1.06. The highest BCUT2D eigenvalue weighted by Gasteiger charge is 2.08. The molecule has 4 nitrogen and oxygen atoms in total. The van der Waals surface area contributed by atoms with Gasteiger partial charge >= 0.3 is 5.97 Å². The number of hydrogen-bond acceptors (Lipinski definition) is 3. The van der Waals surface area contributed by atoms with Gasteiger partial charge in [-0.3, -0.25) is 5.43 Å². The maximum Gasteiger partial charge on any atom is 0.352 e. The third-order valence-electron chi connectivity index (χ3n) is 2.24. The van der Waals surface area contributed by atoms with Crippen LogP contribution in [0.2, 0.25) is 0 Å². The molecule has 5 heteroatoms. The van der Waals surface area contributed by atoms with Crippen molar-refractivity contribution < 1.29 is 14.3 Å². The number of nitrogens with one attached hydrogen (secondary N) is 1. The molecule has 17 heavy (non-hydrogen) atoms. The molecule has 0 saturated carbocycles. The lowest BCUT2D eigenvalue weighted by molar-refractivity contribution is -0.129. The molecule has 1 aromatic carbocycles. The molecule has 0 aromatic heterocycles. The molecule has 0 amide bonds. The SMILES string of the molecule is CCCC(=NNc1cc(F)ccc1C)C(=O)O. The minimum absolute atomic E-state index is 0.0381. The number of carboxylic acids is 1. The van der Waals surface area contributed by atoms with Crippen LogP contribution in [0.15, 0.2) is 23.3 Å². The molecule has 1 aromatic rings. The van der Waals surface area contributed by atoms with Crippen molar-refractivity contribution in [1.82, 2.24) is 0 Å². The zero-order valence-corrected chi connectivity index (χ0v) is 9.83. The maximum atomic E-state index is 13.0. The summed E-state index contributed by atoms with van der Waals surface area (Å²) in [5.41, 5.74) is 3.90. The highest BCUT2D eigenvalue weighted by Crippen LogP contribution is 2.15. The Bertz CT molecular complexity index is 444. The first-order chi connectivity index (χ1) is 8.04. The standard InChI is InChI=1S/C12H15FN2O2/c1-3-4-10(12(16)17)14-15-11-7-9(13)6-5-8(11)2/h5-7,15H,3-4H2,1-2H3,(H,16,17). The molecule has 0 bridgehead atoms. The van der Waals surface area contributed by atoms with Gasteiger partial charge in [0.1, 0.15) is 11.5 Å². The first-order valence-electron chi connectivity index (χ1n) is 5.36. The summed E-state index contributed by atoms with van der Waals surface area (Å²) in [6.07, 6.45) is 1.06. The largest absolute Gasteiger partial charge is 0.477 e. The van der Waals surface area contributed by atoms with Crippen LogP contribution >= 0.6 is 0 Å². The van der Waals surface area contributed by atoms with Crippen LogP contribution in [-0.2, 0) is 4.79 Å². The van der Waals surface area contributed by atoms with E-state index in [1.165, 1.54) is 12.1 Å². The first kappa shape index (κ1) is 13.2. The fourth-order valence-electron chi connectivity index (χ4n) is 1.29. The highest BCUT2D eigenvalue weighted by atomic mass is 19.1. The summed E-state index contributed by atoms with van der Waals surface area (Å²) >= 11 is 0. The van der Waals surface area contributed by atoms with E-state index in [9.17, 15) is 9.18 Å². The lowest BCUT2D eigenvalue weighted by atomic mass is 10.2. The topological polar surface area (TPSA) is 61.7 Å². The molecule has 92 valence electrons. The van der Waals surface area contributed by atoms with Crippen molar-refractivity contribution >= 4 is 17.4 Å². The van der Waals surface area contributed by atoms with Gasteiger partial charge in [-0.15, -0.1) is 0 Å². The van der Waals surface area contributed by atoms with E-state index >= 15 is 0 Å². The lowest BCUT2D eigenvalue weighted by Crippen LogP contribution is -2.14. The number of hydrazone groups is 1. The number of carboxylic acid groups (broad SMARTS) is 1. The van der Waals surface area contributed by atoms with Crippen LogP contribution in [0.4, 0.5) is 10.1 Å². The van der Waals surface area contributed by atoms with Crippen LogP contribution in [-0.4, -0.2) is 16.8 Å². The second-order valence-electron chi connectivity index (χ2n) is 3.68. The summed E-state index contributed by atoms with van der Waals surface area (Å²) in [6.45, 7) is 3.66. The predicted molar refractivity (Wildman–Crippen MR) is 64.7 cm³/mol. The zero-order chi connectivity index (χ0) is 12.8. The number of hydrogen-bond donors (Lipinski definition) is 2. The summed E-state index contributed by atoms with van der Waals surface area (Å²) in [6, 6.07) is 4.23. The molecule has 0 unspecified atom stereocenters. The number of rotatable bonds is 5. The number of halogens is 1. The molecular formula is C12H15FN2O2. The molecule has 0 atom stereocenters. The Balaban J connectivity index is 2.86. The molecule has 0 aliphatic rings. The summed E-state index contributed by atoms with van der Waals surface area (Å²) in [4.78, 5) is 10.8. The van der Waals surface area contributed by atoms with Gasteiger partial charge in [0.15, 0.2) is 0 Å². The average Bonchev–Trinajstić information content (AvgIpc) is 2.28. The summed E-state index contributed by atoms with van der Waals surface area (Å²) in [5.74, 6) is -1.45. The van der Waals surface area contributed by atoms with E-state index in [2.05, 4.69) is 10.5 Å². The van der Waals surface area contributed by atoms with E-state index in [1.807, 2.05) is 6.92 Å². The molecule has 0 heterocycles. The average molecular weight is 238 g/mol. The Morgan fingerprint density at radius 1 is 1.53 bits per heavy atom. The van der Waals surface area contributed by atoms with Crippen molar-refractivity contribution in [3.05, 3.63) is 29.6 Å². The molecule has 0 spiro atoms. The van der Waals surface area contributed by atoms with Crippen LogP contribution in [0.1, 0.15) is 25.3 Å². The molecule has 0 fully saturated rings. The fourth-order valence-corrected chi connectivity index (χ4v) is 1.29. The maximum absolute atomic E-state index is 13.0.